The van der Waals surface area contributed by atoms with E-state index in [1.54, 1.807) is 23.1 Å². The molecule has 0 saturated carbocycles. The van der Waals surface area contributed by atoms with Gasteiger partial charge in [-0.25, -0.2) is 4.68 Å². The first-order valence-corrected chi connectivity index (χ1v) is 6.37. The Morgan fingerprint density at radius 2 is 2.35 bits per heavy atom. The number of nitrogens with two attached hydrogens (primary N) is 1. The molecule has 4 nitrogen and oxygen atoms in total. The van der Waals surface area contributed by atoms with Crippen molar-refractivity contribution in [1.82, 2.24) is 9.78 Å². The van der Waals surface area contributed by atoms with Gasteiger partial charge in [0.05, 0.1) is 23.2 Å². The van der Waals surface area contributed by atoms with Gasteiger partial charge in [0.2, 0.25) is 5.88 Å². The van der Waals surface area contributed by atoms with E-state index >= 15 is 0 Å². The maximum atomic E-state index is 6.11. The molecule has 0 saturated heterocycles. The summed E-state index contributed by atoms with van der Waals surface area (Å²) < 4.78 is 7.62. The van der Waals surface area contributed by atoms with Crippen molar-refractivity contribution < 1.29 is 4.74 Å². The minimum Gasteiger partial charge on any atom is -0.481 e. The fourth-order valence-corrected chi connectivity index (χ4v) is 2.77. The second kappa shape index (κ2) is 5.08. The minimum absolute atomic E-state index is 0.139. The average Bonchev–Trinajstić information content (AvgIpc) is 2.85. The molecule has 0 aliphatic heterocycles. The van der Waals surface area contributed by atoms with Crippen molar-refractivity contribution in [2.75, 3.05) is 7.11 Å². The van der Waals surface area contributed by atoms with Gasteiger partial charge in [-0.05, 0) is 12.1 Å². The van der Waals surface area contributed by atoms with Gasteiger partial charge in [-0.15, -0.1) is 11.3 Å². The van der Waals surface area contributed by atoms with Gasteiger partial charge >= 0.3 is 0 Å². The summed E-state index contributed by atoms with van der Waals surface area (Å²) in [6, 6.07) is 5.60. The van der Waals surface area contributed by atoms with E-state index in [1.807, 2.05) is 25.2 Å². The van der Waals surface area contributed by atoms with Gasteiger partial charge in [0.15, 0.2) is 0 Å². The van der Waals surface area contributed by atoms with Crippen LogP contribution in [-0.4, -0.2) is 16.9 Å². The summed E-state index contributed by atoms with van der Waals surface area (Å²) in [6.07, 6.45) is 0.734. The summed E-state index contributed by atoms with van der Waals surface area (Å²) in [4.78, 5) is 1.16. The van der Waals surface area contributed by atoms with E-state index in [0.717, 1.165) is 21.3 Å². The summed E-state index contributed by atoms with van der Waals surface area (Å²) >= 11 is 7.43. The normalized spacial score (nSPS) is 12.7. The zero-order valence-electron chi connectivity index (χ0n) is 9.68. The lowest BCUT2D eigenvalue weighted by molar-refractivity contribution is 0.373. The fourth-order valence-electron chi connectivity index (χ4n) is 1.63. The van der Waals surface area contributed by atoms with Gasteiger partial charge in [-0.2, -0.15) is 5.10 Å². The Kier molecular flexibility index (Phi) is 3.71. The Morgan fingerprint density at radius 1 is 1.59 bits per heavy atom. The first kappa shape index (κ1) is 12.4. The molecule has 0 bridgehead atoms. The highest BCUT2D eigenvalue weighted by molar-refractivity contribution is 7.16. The number of methoxy groups -OCH3 is 1. The molecule has 2 N–H and O–H groups in total. The van der Waals surface area contributed by atoms with Crippen LogP contribution in [0.25, 0.3) is 0 Å². The summed E-state index contributed by atoms with van der Waals surface area (Å²) in [5.41, 5.74) is 6.93. The second-order valence-electron chi connectivity index (χ2n) is 3.75. The van der Waals surface area contributed by atoms with Gasteiger partial charge in [-0.3, -0.25) is 0 Å². The summed E-state index contributed by atoms with van der Waals surface area (Å²) in [5, 5.41) is 4.32. The average molecular weight is 272 g/mol. The maximum absolute atomic E-state index is 6.11. The molecule has 17 heavy (non-hydrogen) atoms. The van der Waals surface area contributed by atoms with Gasteiger partial charge < -0.3 is 10.5 Å². The highest BCUT2D eigenvalue weighted by atomic mass is 35.5. The molecule has 1 unspecified atom stereocenters. The van der Waals surface area contributed by atoms with Crippen molar-refractivity contribution in [2.24, 2.45) is 12.8 Å². The molecule has 2 aromatic heterocycles. The Balaban J connectivity index is 2.11. The van der Waals surface area contributed by atoms with Crippen molar-refractivity contribution in [3.05, 3.63) is 33.1 Å². The third kappa shape index (κ3) is 2.80. The lowest BCUT2D eigenvalue weighted by Gasteiger charge is -2.05. The van der Waals surface area contributed by atoms with Crippen LogP contribution in [-0.2, 0) is 13.5 Å². The number of aryl methyl sites for hydroxylation is 1. The molecule has 2 heterocycles. The lowest BCUT2D eigenvalue weighted by Crippen LogP contribution is -2.13. The van der Waals surface area contributed by atoms with Crippen LogP contribution in [0.3, 0.4) is 0 Å². The third-order valence-corrected chi connectivity index (χ3v) is 3.75. The molecular weight excluding hydrogens is 258 g/mol. The Bertz CT molecular complexity index is 509. The number of aromatic nitrogens is 2. The Morgan fingerprint density at radius 3 is 2.88 bits per heavy atom. The molecule has 0 fully saturated rings. The fraction of sp³-hybridized carbons (Fsp3) is 0.364. The molecule has 92 valence electrons. The molecule has 0 radical (unpaired) electrons. The zero-order valence-corrected chi connectivity index (χ0v) is 11.3. The van der Waals surface area contributed by atoms with Gasteiger partial charge in [-0.1, -0.05) is 11.6 Å². The summed E-state index contributed by atoms with van der Waals surface area (Å²) in [7, 11) is 3.45. The van der Waals surface area contributed by atoms with E-state index in [4.69, 9.17) is 22.1 Å². The van der Waals surface area contributed by atoms with Crippen LogP contribution < -0.4 is 10.5 Å². The van der Waals surface area contributed by atoms with E-state index in [-0.39, 0.29) is 6.04 Å². The molecule has 2 rings (SSSR count). The third-order valence-electron chi connectivity index (χ3n) is 2.49. The van der Waals surface area contributed by atoms with Crippen molar-refractivity contribution >= 4 is 22.9 Å². The molecule has 0 aliphatic carbocycles. The predicted octanol–water partition coefficient (Wildman–Crippen LogP) is 2.39. The van der Waals surface area contributed by atoms with E-state index in [0.29, 0.717) is 5.88 Å². The highest BCUT2D eigenvalue weighted by Crippen LogP contribution is 2.26. The Labute approximate surface area is 109 Å². The summed E-state index contributed by atoms with van der Waals surface area (Å²) in [5.74, 6) is 0.708. The van der Waals surface area contributed by atoms with Crippen molar-refractivity contribution in [3.63, 3.8) is 0 Å². The molecule has 0 amide bonds. The quantitative estimate of drug-likeness (QED) is 0.929. The largest absolute Gasteiger partial charge is 0.481 e. The number of rotatable bonds is 4. The van der Waals surface area contributed by atoms with E-state index < -0.39 is 0 Å². The summed E-state index contributed by atoms with van der Waals surface area (Å²) in [6.45, 7) is 0. The maximum Gasteiger partial charge on any atom is 0.211 e. The number of thiophene rings is 1. The van der Waals surface area contributed by atoms with Crippen LogP contribution in [0, 0.1) is 0 Å². The van der Waals surface area contributed by atoms with Crippen molar-refractivity contribution in [3.8, 4) is 5.88 Å². The first-order valence-electron chi connectivity index (χ1n) is 5.18. The number of ether oxygens (including phenoxy) is 1. The molecule has 2 aromatic rings. The molecule has 6 heteroatoms. The van der Waals surface area contributed by atoms with E-state index in [9.17, 15) is 0 Å². The van der Waals surface area contributed by atoms with Crippen LogP contribution in [0.15, 0.2) is 18.2 Å². The molecular formula is C11H14ClN3OS. The lowest BCUT2D eigenvalue weighted by atomic mass is 10.1. The standard InChI is InChI=1S/C11H14ClN3OS/c1-15-11(16-2)6-9(14-15)8(13)5-7-3-4-10(12)17-7/h3-4,6,8H,5,13H2,1-2H3. The van der Waals surface area contributed by atoms with Gasteiger partial charge in [0.25, 0.3) is 0 Å². The van der Waals surface area contributed by atoms with Crippen LogP contribution in [0.2, 0.25) is 4.34 Å². The Hall–Kier alpha value is -1.04. The number of nitrogens with zero attached hydrogens (tertiary/aromatic N) is 2. The molecule has 0 aliphatic rings. The SMILES string of the molecule is COc1cc(C(N)Cc2ccc(Cl)s2)nn1C. The molecule has 1 atom stereocenters. The highest BCUT2D eigenvalue weighted by Gasteiger charge is 2.14. The van der Waals surface area contributed by atoms with Gasteiger partial charge in [0, 0.05) is 24.4 Å². The van der Waals surface area contributed by atoms with Crippen LogP contribution in [0.5, 0.6) is 5.88 Å². The monoisotopic (exact) mass is 271 g/mol. The van der Waals surface area contributed by atoms with Crippen LogP contribution >= 0.6 is 22.9 Å². The topological polar surface area (TPSA) is 53.1 Å². The minimum atomic E-state index is -0.139. The van der Waals surface area contributed by atoms with Crippen LogP contribution in [0.1, 0.15) is 16.6 Å². The first-order chi connectivity index (χ1) is 8.10. The van der Waals surface area contributed by atoms with E-state index in [1.165, 1.54) is 0 Å². The second-order valence-corrected chi connectivity index (χ2v) is 5.55. The van der Waals surface area contributed by atoms with Crippen molar-refractivity contribution in [1.29, 1.82) is 0 Å². The smallest absolute Gasteiger partial charge is 0.211 e. The molecule has 0 aromatic carbocycles. The number of halogens is 1. The molecule has 0 spiro atoms. The van der Waals surface area contributed by atoms with E-state index in [2.05, 4.69) is 5.10 Å². The van der Waals surface area contributed by atoms with Crippen molar-refractivity contribution in [2.45, 2.75) is 12.5 Å². The number of hydrogen-bond donors (Lipinski definition) is 1. The van der Waals surface area contributed by atoms with Gasteiger partial charge in [0.1, 0.15) is 0 Å². The predicted molar refractivity (Wildman–Crippen MR) is 69.7 cm³/mol. The van der Waals surface area contributed by atoms with Crippen LogP contribution in [0.4, 0.5) is 0 Å². The number of hydrogen-bond acceptors (Lipinski definition) is 4. The zero-order chi connectivity index (χ0) is 12.4.